The minimum atomic E-state index is 0.256. The molecule has 0 amide bonds. The first kappa shape index (κ1) is 19.1. The Labute approximate surface area is 170 Å². The monoisotopic (exact) mass is 389 g/mol. The first-order valence-corrected chi connectivity index (χ1v) is 9.66. The van der Waals surface area contributed by atoms with Crippen LogP contribution < -0.4 is 5.32 Å². The Balaban J connectivity index is 1.46. The second kappa shape index (κ2) is 8.86. The average Bonchev–Trinajstić information content (AvgIpc) is 3.39. The van der Waals surface area contributed by atoms with Gasteiger partial charge in [-0.2, -0.15) is 5.26 Å². The van der Waals surface area contributed by atoms with Crippen LogP contribution in [0.3, 0.4) is 0 Å². The molecule has 0 saturated carbocycles. The van der Waals surface area contributed by atoms with Gasteiger partial charge in [-0.15, -0.1) is 0 Å². The van der Waals surface area contributed by atoms with Crippen molar-refractivity contribution in [1.29, 1.82) is 5.26 Å². The lowest BCUT2D eigenvalue weighted by molar-refractivity contribution is 0.158. The van der Waals surface area contributed by atoms with Gasteiger partial charge in [0.25, 0.3) is 0 Å². The molecule has 4 rings (SSSR count). The normalized spacial score (nSPS) is 16.6. The summed E-state index contributed by atoms with van der Waals surface area (Å²) in [6.07, 6.45) is 3.85. The lowest BCUT2D eigenvalue weighted by atomic mass is 10.1. The van der Waals surface area contributed by atoms with Gasteiger partial charge in [0.2, 0.25) is 0 Å². The van der Waals surface area contributed by atoms with Crippen molar-refractivity contribution in [1.82, 2.24) is 14.9 Å². The number of hydrogen-bond donors (Lipinski definition) is 1. The van der Waals surface area contributed by atoms with Crippen LogP contribution in [0.15, 0.2) is 53.1 Å². The fourth-order valence-corrected chi connectivity index (χ4v) is 3.67. The molecule has 3 aromatic heterocycles. The molecule has 29 heavy (non-hydrogen) atoms. The first-order valence-electron chi connectivity index (χ1n) is 9.66. The number of likely N-dealkylation sites (tertiary alicyclic amines) is 1. The van der Waals surface area contributed by atoms with Crippen molar-refractivity contribution in [3.05, 3.63) is 71.6 Å². The Kier molecular flexibility index (Phi) is 5.84. The third-order valence-corrected chi connectivity index (χ3v) is 4.99. The molecule has 1 aliphatic heterocycles. The van der Waals surface area contributed by atoms with Crippen molar-refractivity contribution in [3.8, 4) is 6.07 Å². The smallest absolute Gasteiger partial charge is 0.140 e. The number of nitrogens with one attached hydrogen (secondary N) is 1. The summed E-state index contributed by atoms with van der Waals surface area (Å²) in [7, 11) is 1.67. The zero-order valence-electron chi connectivity index (χ0n) is 16.3. The highest BCUT2D eigenvalue weighted by molar-refractivity contribution is 5.55. The van der Waals surface area contributed by atoms with E-state index in [0.29, 0.717) is 12.3 Å². The molecule has 0 aliphatic carbocycles. The number of rotatable bonds is 7. The van der Waals surface area contributed by atoms with E-state index in [0.717, 1.165) is 54.7 Å². The van der Waals surface area contributed by atoms with Crippen LogP contribution in [0.5, 0.6) is 0 Å². The van der Waals surface area contributed by atoms with Crippen molar-refractivity contribution in [2.45, 2.75) is 32.0 Å². The Bertz CT molecular complexity index is 993. The molecule has 3 aromatic rings. The number of methoxy groups -OCH3 is 1. The van der Waals surface area contributed by atoms with E-state index in [1.54, 1.807) is 19.4 Å². The quantitative estimate of drug-likeness (QED) is 0.649. The Morgan fingerprint density at radius 1 is 1.24 bits per heavy atom. The highest BCUT2D eigenvalue weighted by Gasteiger charge is 2.28. The van der Waals surface area contributed by atoms with Gasteiger partial charge in [-0.3, -0.25) is 4.90 Å². The maximum atomic E-state index is 8.87. The van der Waals surface area contributed by atoms with Gasteiger partial charge in [-0.1, -0.05) is 6.07 Å². The zero-order chi connectivity index (χ0) is 20.1. The van der Waals surface area contributed by atoms with Gasteiger partial charge >= 0.3 is 0 Å². The van der Waals surface area contributed by atoms with E-state index in [1.165, 1.54) is 0 Å². The molecule has 1 N–H and O–H groups in total. The number of pyridine rings is 2. The van der Waals surface area contributed by atoms with Crippen molar-refractivity contribution in [2.75, 3.05) is 19.0 Å². The molecule has 148 valence electrons. The van der Waals surface area contributed by atoms with Crippen molar-refractivity contribution >= 4 is 11.5 Å². The molecule has 0 radical (unpaired) electrons. The topological polar surface area (TPSA) is 87.2 Å². The third kappa shape index (κ3) is 4.62. The third-order valence-electron chi connectivity index (χ3n) is 4.99. The van der Waals surface area contributed by atoms with E-state index in [1.807, 2.05) is 36.4 Å². The number of nitriles is 1. The van der Waals surface area contributed by atoms with Gasteiger partial charge < -0.3 is 14.5 Å². The van der Waals surface area contributed by atoms with E-state index in [4.69, 9.17) is 19.4 Å². The van der Waals surface area contributed by atoms with E-state index in [9.17, 15) is 0 Å². The summed E-state index contributed by atoms with van der Waals surface area (Å²) < 4.78 is 11.0. The first-order chi connectivity index (χ1) is 14.2. The zero-order valence-corrected chi connectivity index (χ0v) is 16.3. The largest absolute Gasteiger partial charge is 0.462 e. The van der Waals surface area contributed by atoms with Crippen LogP contribution in [-0.4, -0.2) is 28.5 Å². The minimum absolute atomic E-state index is 0.256. The molecular weight excluding hydrogens is 366 g/mol. The lowest BCUT2D eigenvalue weighted by Crippen LogP contribution is -2.23. The van der Waals surface area contributed by atoms with Crippen LogP contribution in [0.2, 0.25) is 0 Å². The maximum Gasteiger partial charge on any atom is 0.140 e. The Morgan fingerprint density at radius 2 is 2.14 bits per heavy atom. The lowest BCUT2D eigenvalue weighted by Gasteiger charge is -2.23. The second-order valence-corrected chi connectivity index (χ2v) is 7.05. The standard InChI is InChI=1S/C22H23N5O2/c1-28-15-19-10-9-18(29-19)14-27-11-3-5-21(27)20-4-2-6-22(26-20)25-17-8-7-16(12-23)24-13-17/h2,4,6-10,13,21H,3,5,11,14-15H2,1H3,(H,25,26)/t21-/m1/s1. The summed E-state index contributed by atoms with van der Waals surface area (Å²) in [5, 5.41) is 12.1. The van der Waals surface area contributed by atoms with Crippen LogP contribution in [0.1, 0.15) is 41.8 Å². The molecule has 0 aromatic carbocycles. The van der Waals surface area contributed by atoms with Crippen LogP contribution in [-0.2, 0) is 17.9 Å². The average molecular weight is 389 g/mol. The van der Waals surface area contributed by atoms with Crippen molar-refractivity contribution < 1.29 is 9.15 Å². The Morgan fingerprint density at radius 3 is 2.93 bits per heavy atom. The van der Waals surface area contributed by atoms with E-state index in [2.05, 4.69) is 21.3 Å². The molecule has 1 saturated heterocycles. The van der Waals surface area contributed by atoms with Gasteiger partial charge in [-0.05, 0) is 55.8 Å². The van der Waals surface area contributed by atoms with Crippen molar-refractivity contribution in [2.24, 2.45) is 0 Å². The predicted octanol–water partition coefficient (Wildman–Crippen LogP) is 4.17. The van der Waals surface area contributed by atoms with Gasteiger partial charge in [0.05, 0.1) is 30.2 Å². The molecule has 1 aliphatic rings. The molecule has 0 spiro atoms. The number of anilines is 2. The van der Waals surface area contributed by atoms with Gasteiger partial charge in [0.1, 0.15) is 35.7 Å². The SMILES string of the molecule is COCc1ccc(CN2CCC[C@@H]2c2cccc(Nc3ccc(C#N)nc3)n2)o1. The highest BCUT2D eigenvalue weighted by atomic mass is 16.5. The van der Waals surface area contributed by atoms with Crippen LogP contribution in [0.25, 0.3) is 0 Å². The molecule has 7 nitrogen and oxygen atoms in total. The Hall–Kier alpha value is -3.21. The molecule has 0 unspecified atom stereocenters. The number of aromatic nitrogens is 2. The number of furan rings is 1. The maximum absolute atomic E-state index is 8.87. The van der Waals surface area contributed by atoms with Crippen LogP contribution in [0, 0.1) is 11.3 Å². The molecular formula is C22H23N5O2. The molecule has 1 fully saturated rings. The summed E-state index contributed by atoms with van der Waals surface area (Å²) in [6.45, 7) is 2.26. The summed E-state index contributed by atoms with van der Waals surface area (Å²) in [5.74, 6) is 2.56. The van der Waals surface area contributed by atoms with E-state index >= 15 is 0 Å². The van der Waals surface area contributed by atoms with E-state index in [-0.39, 0.29) is 6.04 Å². The fourth-order valence-electron chi connectivity index (χ4n) is 3.67. The predicted molar refractivity (Wildman–Crippen MR) is 108 cm³/mol. The molecule has 7 heteroatoms. The summed E-state index contributed by atoms with van der Waals surface area (Å²) >= 11 is 0. The van der Waals surface area contributed by atoms with Crippen LogP contribution >= 0.6 is 0 Å². The summed E-state index contributed by atoms with van der Waals surface area (Å²) in [5.41, 5.74) is 2.24. The number of ether oxygens (including phenoxy) is 1. The molecule has 1 atom stereocenters. The van der Waals surface area contributed by atoms with Crippen molar-refractivity contribution in [3.63, 3.8) is 0 Å². The highest BCUT2D eigenvalue weighted by Crippen LogP contribution is 2.33. The number of hydrogen-bond acceptors (Lipinski definition) is 7. The molecule has 4 heterocycles. The van der Waals surface area contributed by atoms with Gasteiger partial charge in [0, 0.05) is 7.11 Å². The number of nitrogens with zero attached hydrogens (tertiary/aromatic N) is 4. The van der Waals surface area contributed by atoms with Crippen LogP contribution in [0.4, 0.5) is 11.5 Å². The van der Waals surface area contributed by atoms with Gasteiger partial charge in [0.15, 0.2) is 0 Å². The summed E-state index contributed by atoms with van der Waals surface area (Å²) in [6, 6.07) is 15.8. The second-order valence-electron chi connectivity index (χ2n) is 7.05. The minimum Gasteiger partial charge on any atom is -0.462 e. The summed E-state index contributed by atoms with van der Waals surface area (Å²) in [4.78, 5) is 11.3. The molecule has 0 bridgehead atoms. The van der Waals surface area contributed by atoms with Gasteiger partial charge in [-0.25, -0.2) is 9.97 Å². The fraction of sp³-hybridized carbons (Fsp3) is 0.318. The van der Waals surface area contributed by atoms with E-state index < -0.39 is 0 Å².